The van der Waals surface area contributed by atoms with Gasteiger partial charge in [0, 0.05) is 13.1 Å². The van der Waals surface area contributed by atoms with Crippen molar-refractivity contribution in [2.24, 2.45) is 0 Å². The number of amides is 1. The number of rotatable bonds is 4. The van der Waals surface area contributed by atoms with Gasteiger partial charge in [-0.15, -0.1) is 0 Å². The van der Waals surface area contributed by atoms with Crippen LogP contribution in [0.1, 0.15) is 12.5 Å². The molecule has 5 heteroatoms. The Labute approximate surface area is 100 Å². The van der Waals surface area contributed by atoms with Crippen LogP contribution in [-0.2, 0) is 4.79 Å². The molecule has 0 fully saturated rings. The first kappa shape index (κ1) is 12.8. The third kappa shape index (κ3) is 3.11. The van der Waals surface area contributed by atoms with Gasteiger partial charge in [-0.3, -0.25) is 4.79 Å². The second-order valence-electron chi connectivity index (χ2n) is 3.50. The molecule has 0 aliphatic carbocycles. The van der Waals surface area contributed by atoms with Crippen LogP contribution in [0.25, 0.3) is 0 Å². The maximum Gasteiger partial charge on any atom is 0.241 e. The van der Waals surface area contributed by atoms with E-state index in [-0.39, 0.29) is 5.91 Å². The zero-order chi connectivity index (χ0) is 12.8. The summed E-state index contributed by atoms with van der Waals surface area (Å²) in [6.45, 7) is 1.72. The number of carbonyl (C=O) groups is 1. The van der Waals surface area contributed by atoms with Gasteiger partial charge >= 0.3 is 0 Å². The second kappa shape index (κ2) is 5.75. The Hall–Kier alpha value is -2.22. The van der Waals surface area contributed by atoms with E-state index in [2.05, 4.69) is 16.7 Å². The standard InChI is InChI=1S/C12H15N3O2/c1-8(12(16)14-2)15-11-6-10(17-3)5-4-9(11)7-13/h4-6,8,15H,1-3H3,(H,14,16). The first-order valence-corrected chi connectivity index (χ1v) is 5.18. The summed E-state index contributed by atoms with van der Waals surface area (Å²) < 4.78 is 5.07. The number of ether oxygens (including phenoxy) is 1. The SMILES string of the molecule is CNC(=O)C(C)Nc1cc(OC)ccc1C#N. The molecule has 0 saturated heterocycles. The van der Waals surface area contributed by atoms with Crippen molar-refractivity contribution < 1.29 is 9.53 Å². The first-order chi connectivity index (χ1) is 8.12. The molecule has 1 amide bonds. The minimum atomic E-state index is -0.417. The van der Waals surface area contributed by atoms with Crippen LogP contribution < -0.4 is 15.4 Å². The number of nitrogens with one attached hydrogen (secondary N) is 2. The summed E-state index contributed by atoms with van der Waals surface area (Å²) >= 11 is 0. The van der Waals surface area contributed by atoms with Crippen LogP contribution in [0.2, 0.25) is 0 Å². The van der Waals surface area contributed by atoms with E-state index in [9.17, 15) is 4.79 Å². The van der Waals surface area contributed by atoms with Gasteiger partial charge in [-0.1, -0.05) is 0 Å². The molecule has 0 radical (unpaired) electrons. The Balaban J connectivity index is 2.96. The molecule has 90 valence electrons. The van der Waals surface area contributed by atoms with Crippen molar-refractivity contribution in [2.75, 3.05) is 19.5 Å². The quantitative estimate of drug-likeness (QED) is 0.817. The van der Waals surface area contributed by atoms with Crippen LogP contribution >= 0.6 is 0 Å². The van der Waals surface area contributed by atoms with Crippen molar-refractivity contribution in [3.05, 3.63) is 23.8 Å². The molecular formula is C12H15N3O2. The number of nitriles is 1. The predicted octanol–water partition coefficient (Wildman–Crippen LogP) is 1.11. The summed E-state index contributed by atoms with van der Waals surface area (Å²) in [5.41, 5.74) is 1.06. The van der Waals surface area contributed by atoms with Crippen LogP contribution in [0.5, 0.6) is 5.75 Å². The molecule has 1 atom stereocenters. The zero-order valence-electron chi connectivity index (χ0n) is 10.1. The summed E-state index contributed by atoms with van der Waals surface area (Å²) in [7, 11) is 3.12. The molecule has 1 aromatic rings. The van der Waals surface area contributed by atoms with Gasteiger partial charge in [0.05, 0.1) is 18.4 Å². The normalized spacial score (nSPS) is 11.2. The summed E-state index contributed by atoms with van der Waals surface area (Å²) in [5.74, 6) is 0.493. The molecule has 2 N–H and O–H groups in total. The molecule has 5 nitrogen and oxygen atoms in total. The van der Waals surface area contributed by atoms with Gasteiger partial charge in [0.15, 0.2) is 0 Å². The van der Waals surface area contributed by atoms with Crippen molar-refractivity contribution in [1.82, 2.24) is 5.32 Å². The minimum absolute atomic E-state index is 0.142. The summed E-state index contributed by atoms with van der Waals surface area (Å²) in [4.78, 5) is 11.4. The molecule has 0 spiro atoms. The van der Waals surface area contributed by atoms with Gasteiger partial charge < -0.3 is 15.4 Å². The van der Waals surface area contributed by atoms with Crippen molar-refractivity contribution in [3.8, 4) is 11.8 Å². The van der Waals surface area contributed by atoms with Gasteiger partial charge in [0.1, 0.15) is 17.9 Å². The number of hydrogen-bond donors (Lipinski definition) is 2. The Morgan fingerprint density at radius 1 is 1.53 bits per heavy atom. The zero-order valence-corrected chi connectivity index (χ0v) is 10.1. The van der Waals surface area contributed by atoms with E-state index in [1.807, 2.05) is 0 Å². The van der Waals surface area contributed by atoms with Crippen LogP contribution in [-0.4, -0.2) is 26.1 Å². The highest BCUT2D eigenvalue weighted by Gasteiger charge is 2.13. The number of hydrogen-bond acceptors (Lipinski definition) is 4. The van der Waals surface area contributed by atoms with Crippen LogP contribution in [0.15, 0.2) is 18.2 Å². The van der Waals surface area contributed by atoms with E-state index in [1.165, 1.54) is 0 Å². The summed E-state index contributed by atoms with van der Waals surface area (Å²) in [5, 5.41) is 14.5. The molecule has 1 rings (SSSR count). The van der Waals surface area contributed by atoms with Crippen molar-refractivity contribution in [3.63, 3.8) is 0 Å². The third-order valence-electron chi connectivity index (χ3n) is 2.36. The summed E-state index contributed by atoms with van der Waals surface area (Å²) in [6.07, 6.45) is 0. The minimum Gasteiger partial charge on any atom is -0.497 e. The summed E-state index contributed by atoms with van der Waals surface area (Å²) in [6, 6.07) is 6.69. The maximum absolute atomic E-state index is 11.4. The molecule has 0 aliphatic rings. The smallest absolute Gasteiger partial charge is 0.241 e. The number of carbonyl (C=O) groups excluding carboxylic acids is 1. The lowest BCUT2D eigenvalue weighted by Crippen LogP contribution is -2.35. The van der Waals surface area contributed by atoms with Gasteiger partial charge in [0.2, 0.25) is 5.91 Å². The monoisotopic (exact) mass is 233 g/mol. The molecule has 1 unspecified atom stereocenters. The molecule has 17 heavy (non-hydrogen) atoms. The number of nitrogens with zero attached hydrogens (tertiary/aromatic N) is 1. The van der Waals surface area contributed by atoms with Gasteiger partial charge in [0.25, 0.3) is 0 Å². The topological polar surface area (TPSA) is 74.2 Å². The highest BCUT2D eigenvalue weighted by molar-refractivity contribution is 5.84. The van der Waals surface area contributed by atoms with E-state index >= 15 is 0 Å². The molecule has 0 aromatic heterocycles. The Morgan fingerprint density at radius 3 is 2.76 bits per heavy atom. The third-order valence-corrected chi connectivity index (χ3v) is 2.36. The molecule has 0 saturated carbocycles. The van der Waals surface area contributed by atoms with E-state index < -0.39 is 6.04 Å². The Morgan fingerprint density at radius 2 is 2.24 bits per heavy atom. The fourth-order valence-electron chi connectivity index (χ4n) is 1.38. The molecular weight excluding hydrogens is 218 g/mol. The number of likely N-dealkylation sites (N-methyl/N-ethyl adjacent to an activating group) is 1. The Bertz CT molecular complexity index is 452. The fourth-order valence-corrected chi connectivity index (χ4v) is 1.38. The van der Waals surface area contributed by atoms with Crippen LogP contribution in [0.4, 0.5) is 5.69 Å². The predicted molar refractivity (Wildman–Crippen MR) is 64.9 cm³/mol. The lowest BCUT2D eigenvalue weighted by atomic mass is 10.1. The van der Waals surface area contributed by atoms with Gasteiger partial charge in [-0.2, -0.15) is 5.26 Å². The van der Waals surface area contributed by atoms with Gasteiger partial charge in [-0.25, -0.2) is 0 Å². The van der Waals surface area contributed by atoms with E-state index in [0.29, 0.717) is 17.0 Å². The second-order valence-corrected chi connectivity index (χ2v) is 3.50. The van der Waals surface area contributed by atoms with Crippen LogP contribution in [0.3, 0.4) is 0 Å². The Kier molecular flexibility index (Phi) is 4.35. The van der Waals surface area contributed by atoms with Crippen LogP contribution in [0, 0.1) is 11.3 Å². The number of anilines is 1. The van der Waals surface area contributed by atoms with Crippen molar-refractivity contribution in [1.29, 1.82) is 5.26 Å². The highest BCUT2D eigenvalue weighted by atomic mass is 16.5. The van der Waals surface area contributed by atoms with E-state index in [4.69, 9.17) is 10.00 Å². The van der Waals surface area contributed by atoms with E-state index in [1.54, 1.807) is 39.3 Å². The fraction of sp³-hybridized carbons (Fsp3) is 0.333. The first-order valence-electron chi connectivity index (χ1n) is 5.18. The average molecular weight is 233 g/mol. The number of methoxy groups -OCH3 is 1. The van der Waals surface area contributed by atoms with E-state index in [0.717, 1.165) is 0 Å². The van der Waals surface area contributed by atoms with Crippen molar-refractivity contribution >= 4 is 11.6 Å². The number of benzene rings is 1. The average Bonchev–Trinajstić information content (AvgIpc) is 2.37. The molecule has 1 aromatic carbocycles. The molecule has 0 aliphatic heterocycles. The van der Waals surface area contributed by atoms with Gasteiger partial charge in [-0.05, 0) is 19.1 Å². The largest absolute Gasteiger partial charge is 0.497 e. The maximum atomic E-state index is 11.4. The highest BCUT2D eigenvalue weighted by Crippen LogP contribution is 2.22. The molecule has 0 bridgehead atoms. The lowest BCUT2D eigenvalue weighted by molar-refractivity contribution is -0.121. The lowest BCUT2D eigenvalue weighted by Gasteiger charge is -2.15. The van der Waals surface area contributed by atoms with Crippen molar-refractivity contribution in [2.45, 2.75) is 13.0 Å². The molecule has 0 heterocycles.